The van der Waals surface area contributed by atoms with Crippen molar-refractivity contribution in [1.82, 2.24) is 14.7 Å². The van der Waals surface area contributed by atoms with E-state index in [0.29, 0.717) is 6.42 Å². The number of aryl methyl sites for hydroxylation is 2. The van der Waals surface area contributed by atoms with E-state index in [0.717, 1.165) is 62.7 Å². The van der Waals surface area contributed by atoms with Gasteiger partial charge in [0.05, 0.1) is 12.5 Å². The van der Waals surface area contributed by atoms with E-state index in [1.807, 2.05) is 32.0 Å². The van der Waals surface area contributed by atoms with E-state index in [-0.39, 0.29) is 17.4 Å². The minimum Gasteiger partial charge on any atom is -0.491 e. The fraction of sp³-hybridized carbons (Fsp3) is 0.649. The molecule has 0 bridgehead atoms. The van der Waals surface area contributed by atoms with Gasteiger partial charge in [0.2, 0.25) is 5.91 Å². The monoisotopic (exact) mass is 573 g/mol. The highest BCUT2D eigenvalue weighted by Crippen LogP contribution is 2.40. The molecule has 0 aromatic heterocycles. The lowest BCUT2D eigenvalue weighted by Crippen LogP contribution is -2.47. The van der Waals surface area contributed by atoms with Gasteiger partial charge in [-0.1, -0.05) is 50.6 Å². The number of hydrogen-bond donors (Lipinski definition) is 0. The van der Waals surface area contributed by atoms with Gasteiger partial charge in [-0.05, 0) is 132 Å². The van der Waals surface area contributed by atoms with Gasteiger partial charge in [0.25, 0.3) is 0 Å². The minimum absolute atomic E-state index is 0.0260. The molecule has 0 N–H and O–H groups in total. The second-order valence-corrected chi connectivity index (χ2v) is 13.4. The van der Waals surface area contributed by atoms with E-state index >= 15 is 0 Å². The maximum Gasteiger partial charge on any atom is 0.227 e. The van der Waals surface area contributed by atoms with Gasteiger partial charge < -0.3 is 19.4 Å². The van der Waals surface area contributed by atoms with Crippen molar-refractivity contribution in [2.75, 3.05) is 45.8 Å². The van der Waals surface area contributed by atoms with Crippen molar-refractivity contribution < 1.29 is 9.53 Å². The molecule has 1 amide bonds. The van der Waals surface area contributed by atoms with E-state index < -0.39 is 0 Å². The number of carbonyl (C=O) groups excluding carboxylic acids is 1. The predicted octanol–water partition coefficient (Wildman–Crippen LogP) is 6.65. The summed E-state index contributed by atoms with van der Waals surface area (Å²) in [6.07, 6.45) is 11.7. The van der Waals surface area contributed by atoms with Gasteiger partial charge in [0.15, 0.2) is 0 Å². The Hall–Kier alpha value is -2.37. The second kappa shape index (κ2) is 14.4. The molecule has 0 saturated carbocycles. The number of benzene rings is 2. The Balaban J connectivity index is 1.27. The molecule has 230 valence electrons. The molecule has 5 heteroatoms. The average Bonchev–Trinajstić information content (AvgIpc) is 3.46. The fourth-order valence-electron chi connectivity index (χ4n) is 7.75. The van der Waals surface area contributed by atoms with Crippen molar-refractivity contribution in [3.05, 3.63) is 64.7 Å². The first-order valence-electron chi connectivity index (χ1n) is 17.0. The highest BCUT2D eigenvalue weighted by atomic mass is 16.5. The molecule has 0 radical (unpaired) electrons. The highest BCUT2D eigenvalue weighted by Gasteiger charge is 2.42. The number of hydrogen-bond acceptors (Lipinski definition) is 4. The number of rotatable bonds is 11. The van der Waals surface area contributed by atoms with Crippen LogP contribution in [0.4, 0.5) is 0 Å². The van der Waals surface area contributed by atoms with Gasteiger partial charge in [0.1, 0.15) is 5.75 Å². The lowest BCUT2D eigenvalue weighted by molar-refractivity contribution is -0.129. The third-order valence-electron chi connectivity index (χ3n) is 10.3. The molecule has 3 fully saturated rings. The largest absolute Gasteiger partial charge is 0.491 e. The molecule has 1 unspecified atom stereocenters. The first kappa shape index (κ1) is 31.1. The molecule has 3 saturated heterocycles. The van der Waals surface area contributed by atoms with Gasteiger partial charge in [-0.15, -0.1) is 0 Å². The standard InChI is InChI=1S/C37H55N3O2/c1-5-31-13-14-33(27-32(31)6-2)37(17-23-38-21-15-34(16-22-38)39-19-8-7-9-20-39)18-24-40(28-37)36(41)26-30-11-10-12-35(25-30)42-29(3)4/h10-14,25,27,29,34H,5-9,15-24,26,28H2,1-4H3. The Morgan fingerprint density at radius 3 is 2.40 bits per heavy atom. The number of piperidine rings is 2. The topological polar surface area (TPSA) is 36.0 Å². The average molecular weight is 574 g/mol. The van der Waals surface area contributed by atoms with Crippen LogP contribution in [-0.2, 0) is 29.5 Å². The molecule has 0 aliphatic carbocycles. The third kappa shape index (κ3) is 7.58. The zero-order chi connectivity index (χ0) is 29.5. The lowest BCUT2D eigenvalue weighted by Gasteiger charge is -2.41. The molecule has 2 aromatic carbocycles. The van der Waals surface area contributed by atoms with Crippen molar-refractivity contribution in [1.29, 1.82) is 0 Å². The third-order valence-corrected chi connectivity index (χ3v) is 10.3. The van der Waals surface area contributed by atoms with Crippen LogP contribution in [0.3, 0.4) is 0 Å². The molecule has 5 nitrogen and oxygen atoms in total. The summed E-state index contributed by atoms with van der Waals surface area (Å²) in [4.78, 5) is 21.3. The van der Waals surface area contributed by atoms with Crippen LogP contribution in [0, 0.1) is 0 Å². The van der Waals surface area contributed by atoms with Gasteiger partial charge in [-0.25, -0.2) is 0 Å². The molecule has 0 spiro atoms. The van der Waals surface area contributed by atoms with Crippen LogP contribution >= 0.6 is 0 Å². The molecular weight excluding hydrogens is 518 g/mol. The summed E-state index contributed by atoms with van der Waals surface area (Å²) >= 11 is 0. The van der Waals surface area contributed by atoms with Crippen LogP contribution in [0.2, 0.25) is 0 Å². The summed E-state index contributed by atoms with van der Waals surface area (Å²) in [5.74, 6) is 1.08. The lowest BCUT2D eigenvalue weighted by atomic mass is 9.75. The number of carbonyl (C=O) groups is 1. The van der Waals surface area contributed by atoms with Crippen molar-refractivity contribution in [2.45, 2.75) is 109 Å². The molecule has 2 aromatic rings. The highest BCUT2D eigenvalue weighted by molar-refractivity contribution is 5.79. The Labute approximate surface area is 255 Å². The molecule has 3 aliphatic rings. The smallest absolute Gasteiger partial charge is 0.227 e. The normalized spacial score (nSPS) is 22.6. The van der Waals surface area contributed by atoms with Crippen molar-refractivity contribution in [3.8, 4) is 5.75 Å². The second-order valence-electron chi connectivity index (χ2n) is 13.4. The number of ether oxygens (including phenoxy) is 1. The summed E-state index contributed by atoms with van der Waals surface area (Å²) < 4.78 is 5.89. The Morgan fingerprint density at radius 2 is 1.69 bits per heavy atom. The van der Waals surface area contributed by atoms with Gasteiger partial charge >= 0.3 is 0 Å². The van der Waals surface area contributed by atoms with Crippen molar-refractivity contribution >= 4 is 5.91 Å². The van der Waals surface area contributed by atoms with Crippen molar-refractivity contribution in [2.24, 2.45) is 0 Å². The maximum absolute atomic E-state index is 13.7. The Bertz CT molecular complexity index is 1170. The maximum atomic E-state index is 13.7. The molecule has 3 aliphatic heterocycles. The van der Waals surface area contributed by atoms with Crippen LogP contribution in [0.25, 0.3) is 0 Å². The quantitative estimate of drug-likeness (QED) is 0.302. The van der Waals surface area contributed by atoms with E-state index in [2.05, 4.69) is 52.8 Å². The zero-order valence-corrected chi connectivity index (χ0v) is 26.9. The van der Waals surface area contributed by atoms with E-state index in [1.54, 1.807) is 0 Å². The summed E-state index contributed by atoms with van der Waals surface area (Å²) in [5, 5.41) is 0. The van der Waals surface area contributed by atoms with Crippen LogP contribution in [-0.4, -0.2) is 78.6 Å². The predicted molar refractivity (Wildman–Crippen MR) is 173 cm³/mol. The molecule has 1 atom stereocenters. The number of nitrogens with zero attached hydrogens (tertiary/aromatic N) is 3. The Morgan fingerprint density at radius 1 is 0.929 bits per heavy atom. The fourth-order valence-corrected chi connectivity index (χ4v) is 7.75. The van der Waals surface area contributed by atoms with Crippen LogP contribution in [0.5, 0.6) is 5.75 Å². The van der Waals surface area contributed by atoms with Crippen LogP contribution in [0.1, 0.15) is 94.9 Å². The van der Waals surface area contributed by atoms with Gasteiger partial charge in [-0.2, -0.15) is 0 Å². The van der Waals surface area contributed by atoms with Crippen molar-refractivity contribution in [3.63, 3.8) is 0 Å². The van der Waals surface area contributed by atoms with Gasteiger partial charge in [-0.3, -0.25) is 4.79 Å². The number of likely N-dealkylation sites (tertiary alicyclic amines) is 3. The molecule has 3 heterocycles. The first-order chi connectivity index (χ1) is 20.4. The first-order valence-corrected chi connectivity index (χ1v) is 17.0. The van der Waals surface area contributed by atoms with E-state index in [4.69, 9.17) is 4.74 Å². The summed E-state index contributed by atoms with van der Waals surface area (Å²) in [5.41, 5.74) is 5.45. The molecule has 42 heavy (non-hydrogen) atoms. The summed E-state index contributed by atoms with van der Waals surface area (Å²) in [6, 6.07) is 16.1. The van der Waals surface area contributed by atoms with E-state index in [9.17, 15) is 4.79 Å². The Kier molecular flexibility index (Phi) is 10.7. The summed E-state index contributed by atoms with van der Waals surface area (Å²) in [6.45, 7) is 16.4. The number of amides is 1. The van der Waals surface area contributed by atoms with Crippen LogP contribution < -0.4 is 4.74 Å². The summed E-state index contributed by atoms with van der Waals surface area (Å²) in [7, 11) is 0. The van der Waals surface area contributed by atoms with E-state index in [1.165, 1.54) is 75.0 Å². The minimum atomic E-state index is 0.0260. The SMILES string of the molecule is CCc1ccc(C2(CCN3CCC(N4CCCCC4)CC3)CCN(C(=O)Cc3cccc(OC(C)C)c3)C2)cc1CC. The molecular formula is C37H55N3O2. The van der Waals surface area contributed by atoms with Gasteiger partial charge in [0, 0.05) is 24.5 Å². The zero-order valence-electron chi connectivity index (χ0n) is 26.9. The molecule has 5 rings (SSSR count). The van der Waals surface area contributed by atoms with Crippen LogP contribution in [0.15, 0.2) is 42.5 Å².